The molecule has 40 heavy (non-hydrogen) atoms. The minimum absolute atomic E-state index is 0.0265. The fraction of sp³-hybridized carbons (Fsp3) is 0.333. The van der Waals surface area contributed by atoms with E-state index in [1.165, 1.54) is 35.2 Å². The van der Waals surface area contributed by atoms with Crippen molar-refractivity contribution in [2.75, 3.05) is 10.8 Å². The number of nitrogens with zero attached hydrogens (tertiary/aromatic N) is 2. The fourth-order valence-corrected chi connectivity index (χ4v) is 6.46. The lowest BCUT2D eigenvalue weighted by atomic mass is 10.1. The molecule has 0 radical (unpaired) electrons. The number of nitrogens with one attached hydrogen (secondary N) is 1. The maximum Gasteiger partial charge on any atom is 0.264 e. The Kier molecular flexibility index (Phi) is 9.77. The molecule has 4 rings (SSSR count). The number of sulfonamides is 1. The molecule has 10 heteroatoms. The third-order valence-corrected chi connectivity index (χ3v) is 9.67. The molecule has 1 N–H and O–H groups in total. The van der Waals surface area contributed by atoms with Crippen molar-refractivity contribution in [3.05, 3.63) is 94.0 Å². The molecule has 1 saturated carbocycles. The third-order valence-electron chi connectivity index (χ3n) is 7.14. The van der Waals surface area contributed by atoms with Gasteiger partial charge in [0.15, 0.2) is 0 Å². The lowest BCUT2D eigenvalue weighted by molar-refractivity contribution is -0.139. The van der Waals surface area contributed by atoms with Crippen molar-refractivity contribution in [2.45, 2.75) is 63.1 Å². The Hall–Kier alpha value is -3.07. The van der Waals surface area contributed by atoms with Gasteiger partial charge in [0, 0.05) is 12.6 Å². The topological polar surface area (TPSA) is 86.8 Å². The molecule has 1 unspecified atom stereocenters. The molecule has 0 heterocycles. The smallest absolute Gasteiger partial charge is 0.264 e. The SMILES string of the molecule is Cc1ccc(S(=O)(=O)N(CC(=O)N(Cc2ccccc2)C(C)C(=O)NC2CCCC2)c2ccc(Cl)c(Cl)c2)cc1. The zero-order valence-electron chi connectivity index (χ0n) is 22.5. The average Bonchev–Trinajstić information content (AvgIpc) is 3.45. The van der Waals surface area contributed by atoms with E-state index >= 15 is 0 Å². The van der Waals surface area contributed by atoms with E-state index in [9.17, 15) is 18.0 Å². The molecule has 0 bridgehead atoms. The zero-order chi connectivity index (χ0) is 28.9. The Bertz CT molecular complexity index is 1440. The van der Waals surface area contributed by atoms with E-state index in [1.807, 2.05) is 37.3 Å². The molecule has 0 aliphatic heterocycles. The number of carbonyl (C=O) groups excluding carboxylic acids is 2. The van der Waals surface area contributed by atoms with Gasteiger partial charge in [0.25, 0.3) is 10.0 Å². The van der Waals surface area contributed by atoms with Crippen LogP contribution in [0.1, 0.15) is 43.7 Å². The number of amides is 2. The molecule has 7 nitrogen and oxygen atoms in total. The van der Waals surface area contributed by atoms with Gasteiger partial charge < -0.3 is 10.2 Å². The molecular weight excluding hydrogens is 569 g/mol. The second kappa shape index (κ2) is 13.1. The Labute approximate surface area is 246 Å². The van der Waals surface area contributed by atoms with Gasteiger partial charge >= 0.3 is 0 Å². The van der Waals surface area contributed by atoms with Crippen LogP contribution in [0.4, 0.5) is 5.69 Å². The van der Waals surface area contributed by atoms with Crippen LogP contribution in [0.5, 0.6) is 0 Å². The van der Waals surface area contributed by atoms with Gasteiger partial charge in [-0.2, -0.15) is 0 Å². The summed E-state index contributed by atoms with van der Waals surface area (Å²) in [5.41, 5.74) is 1.90. The highest BCUT2D eigenvalue weighted by Crippen LogP contribution is 2.31. The minimum Gasteiger partial charge on any atom is -0.352 e. The molecule has 3 aromatic carbocycles. The molecule has 1 fully saturated rings. The first kappa shape index (κ1) is 29.9. The Morgan fingerprint density at radius 1 is 0.950 bits per heavy atom. The van der Waals surface area contributed by atoms with Crippen molar-refractivity contribution < 1.29 is 18.0 Å². The van der Waals surface area contributed by atoms with Crippen molar-refractivity contribution in [3.63, 3.8) is 0 Å². The molecule has 1 atom stereocenters. The van der Waals surface area contributed by atoms with Crippen LogP contribution in [-0.4, -0.2) is 43.8 Å². The average molecular weight is 603 g/mol. The number of carbonyl (C=O) groups is 2. The summed E-state index contributed by atoms with van der Waals surface area (Å²) in [5, 5.41) is 3.47. The molecule has 0 aromatic heterocycles. The first-order chi connectivity index (χ1) is 19.1. The molecule has 1 aliphatic carbocycles. The van der Waals surface area contributed by atoms with E-state index in [-0.39, 0.29) is 39.1 Å². The number of aryl methyl sites for hydroxylation is 1. The van der Waals surface area contributed by atoms with Crippen LogP contribution in [-0.2, 0) is 26.2 Å². The monoisotopic (exact) mass is 601 g/mol. The fourth-order valence-electron chi connectivity index (χ4n) is 4.76. The molecule has 3 aromatic rings. The molecule has 212 valence electrons. The molecular formula is C30H33Cl2N3O4S. The summed E-state index contributed by atoms with van der Waals surface area (Å²) >= 11 is 12.4. The first-order valence-corrected chi connectivity index (χ1v) is 15.4. The molecule has 1 aliphatic rings. The lowest BCUT2D eigenvalue weighted by Crippen LogP contribution is -2.52. The standard InChI is InChI=1S/C30H33Cl2N3O4S/c1-21-12-15-26(16-13-21)40(38,39)35(25-14-17-27(31)28(32)18-25)20-29(36)34(19-23-8-4-3-5-9-23)22(2)30(37)33-24-10-6-7-11-24/h3-5,8-9,12-18,22,24H,6-7,10-11,19-20H2,1-2H3,(H,33,37). The predicted molar refractivity (Wildman–Crippen MR) is 159 cm³/mol. The third kappa shape index (κ3) is 7.16. The number of anilines is 1. The predicted octanol–water partition coefficient (Wildman–Crippen LogP) is 5.97. The minimum atomic E-state index is -4.18. The Balaban J connectivity index is 1.69. The van der Waals surface area contributed by atoms with E-state index in [1.54, 1.807) is 19.1 Å². The van der Waals surface area contributed by atoms with Gasteiger partial charge in [0.2, 0.25) is 11.8 Å². The van der Waals surface area contributed by atoms with Crippen LogP contribution < -0.4 is 9.62 Å². The normalized spacial score (nSPS) is 14.5. The Morgan fingerprint density at radius 2 is 1.60 bits per heavy atom. The van der Waals surface area contributed by atoms with Gasteiger partial charge in [-0.15, -0.1) is 0 Å². The van der Waals surface area contributed by atoms with Crippen molar-refractivity contribution >= 4 is 50.7 Å². The van der Waals surface area contributed by atoms with E-state index in [4.69, 9.17) is 23.2 Å². The van der Waals surface area contributed by atoms with Crippen molar-refractivity contribution in [3.8, 4) is 0 Å². The Morgan fingerprint density at radius 3 is 2.23 bits per heavy atom. The summed E-state index contributed by atoms with van der Waals surface area (Å²) in [4.78, 5) is 28.7. The largest absolute Gasteiger partial charge is 0.352 e. The van der Waals surface area contributed by atoms with Crippen LogP contribution in [0, 0.1) is 6.92 Å². The molecule has 0 spiro atoms. The van der Waals surface area contributed by atoms with Gasteiger partial charge in [-0.05, 0) is 62.6 Å². The number of halogens is 2. The number of rotatable bonds is 10. The maximum atomic E-state index is 14.0. The summed E-state index contributed by atoms with van der Waals surface area (Å²) in [6.45, 7) is 3.13. The van der Waals surface area contributed by atoms with Crippen molar-refractivity contribution in [2.24, 2.45) is 0 Å². The van der Waals surface area contributed by atoms with Gasteiger partial charge in [-0.3, -0.25) is 13.9 Å². The first-order valence-electron chi connectivity index (χ1n) is 13.2. The highest BCUT2D eigenvalue weighted by atomic mass is 35.5. The number of benzene rings is 3. The van der Waals surface area contributed by atoms with Gasteiger partial charge in [0.1, 0.15) is 12.6 Å². The van der Waals surface area contributed by atoms with Gasteiger partial charge in [0.05, 0.1) is 20.6 Å². The summed E-state index contributed by atoms with van der Waals surface area (Å²) in [7, 11) is -4.18. The van der Waals surface area contributed by atoms with Crippen LogP contribution in [0.2, 0.25) is 10.0 Å². The summed E-state index contributed by atoms with van der Waals surface area (Å²) in [6, 6.07) is 19.3. The van der Waals surface area contributed by atoms with Crippen LogP contribution in [0.3, 0.4) is 0 Å². The lowest BCUT2D eigenvalue weighted by Gasteiger charge is -2.32. The van der Waals surface area contributed by atoms with E-state index in [0.717, 1.165) is 41.1 Å². The van der Waals surface area contributed by atoms with Crippen LogP contribution >= 0.6 is 23.2 Å². The number of hydrogen-bond acceptors (Lipinski definition) is 4. The molecule has 0 saturated heterocycles. The quantitative estimate of drug-likeness (QED) is 0.310. The highest BCUT2D eigenvalue weighted by Gasteiger charge is 2.33. The van der Waals surface area contributed by atoms with Gasteiger partial charge in [-0.25, -0.2) is 8.42 Å². The highest BCUT2D eigenvalue weighted by molar-refractivity contribution is 7.92. The summed E-state index contributed by atoms with van der Waals surface area (Å²) in [6.07, 6.45) is 3.93. The molecule has 2 amide bonds. The number of hydrogen-bond donors (Lipinski definition) is 1. The van der Waals surface area contributed by atoms with E-state index in [0.29, 0.717) is 0 Å². The van der Waals surface area contributed by atoms with Crippen LogP contribution in [0.25, 0.3) is 0 Å². The maximum absolute atomic E-state index is 14.0. The zero-order valence-corrected chi connectivity index (χ0v) is 24.8. The van der Waals surface area contributed by atoms with Gasteiger partial charge in [-0.1, -0.05) is 84.1 Å². The van der Waals surface area contributed by atoms with Crippen LogP contribution in [0.15, 0.2) is 77.7 Å². The van der Waals surface area contributed by atoms with E-state index < -0.39 is 28.5 Å². The second-order valence-corrected chi connectivity index (χ2v) is 12.8. The summed E-state index contributed by atoms with van der Waals surface area (Å²) in [5.74, 6) is -0.793. The van der Waals surface area contributed by atoms with E-state index in [2.05, 4.69) is 5.32 Å². The summed E-state index contributed by atoms with van der Waals surface area (Å²) < 4.78 is 28.8. The second-order valence-electron chi connectivity index (χ2n) is 10.1. The van der Waals surface area contributed by atoms with Crippen molar-refractivity contribution in [1.82, 2.24) is 10.2 Å². The van der Waals surface area contributed by atoms with Crippen molar-refractivity contribution in [1.29, 1.82) is 0 Å².